The SMILES string of the molecule is CC(NC(=O)CCOCC(F)(F)F)c1ccc2c(c1)CCC(=O)N2. The van der Waals surface area contributed by atoms with Gasteiger partial charge < -0.3 is 15.4 Å². The molecule has 5 nitrogen and oxygen atoms in total. The molecule has 1 aromatic rings. The Labute approximate surface area is 137 Å². The van der Waals surface area contributed by atoms with Gasteiger partial charge in [0.2, 0.25) is 11.8 Å². The molecule has 0 saturated carbocycles. The first kappa shape index (κ1) is 18.3. The highest BCUT2D eigenvalue weighted by Crippen LogP contribution is 2.26. The van der Waals surface area contributed by atoms with Crippen molar-refractivity contribution in [3.8, 4) is 0 Å². The second-order valence-electron chi connectivity index (χ2n) is 5.67. The molecule has 132 valence electrons. The standard InChI is InChI=1S/C16H19F3N2O3/c1-10(20-15(23)6-7-24-9-16(17,18)19)11-2-4-13-12(8-11)3-5-14(22)21-13/h2,4,8,10H,3,5-7,9H2,1H3,(H,20,23)(H,21,22). The molecular weight excluding hydrogens is 325 g/mol. The van der Waals surface area contributed by atoms with E-state index >= 15 is 0 Å². The third-order valence-electron chi connectivity index (χ3n) is 3.64. The van der Waals surface area contributed by atoms with E-state index in [-0.39, 0.29) is 30.9 Å². The van der Waals surface area contributed by atoms with Gasteiger partial charge in [-0.2, -0.15) is 13.2 Å². The number of anilines is 1. The molecule has 8 heteroatoms. The van der Waals surface area contributed by atoms with E-state index in [1.807, 2.05) is 6.07 Å². The van der Waals surface area contributed by atoms with Crippen LogP contribution in [0.5, 0.6) is 0 Å². The van der Waals surface area contributed by atoms with Crippen LogP contribution in [0.15, 0.2) is 18.2 Å². The van der Waals surface area contributed by atoms with Crippen molar-refractivity contribution in [2.24, 2.45) is 0 Å². The van der Waals surface area contributed by atoms with Crippen LogP contribution >= 0.6 is 0 Å². The number of halogens is 3. The molecule has 1 aliphatic rings. The van der Waals surface area contributed by atoms with Crippen LogP contribution in [0.25, 0.3) is 0 Å². The number of alkyl halides is 3. The van der Waals surface area contributed by atoms with Gasteiger partial charge >= 0.3 is 6.18 Å². The highest BCUT2D eigenvalue weighted by Gasteiger charge is 2.27. The van der Waals surface area contributed by atoms with Gasteiger partial charge in [-0.25, -0.2) is 0 Å². The van der Waals surface area contributed by atoms with E-state index in [9.17, 15) is 22.8 Å². The molecule has 0 saturated heterocycles. The molecule has 2 rings (SSSR count). The van der Waals surface area contributed by atoms with Gasteiger partial charge in [0.1, 0.15) is 6.61 Å². The first-order chi connectivity index (χ1) is 11.2. The van der Waals surface area contributed by atoms with Gasteiger partial charge in [-0.15, -0.1) is 0 Å². The van der Waals surface area contributed by atoms with Crippen LogP contribution in [-0.2, 0) is 20.7 Å². The van der Waals surface area contributed by atoms with Crippen molar-refractivity contribution < 1.29 is 27.5 Å². The molecular formula is C16H19F3N2O3. The minimum Gasteiger partial charge on any atom is -0.372 e. The maximum Gasteiger partial charge on any atom is 0.411 e. The molecule has 1 aliphatic heterocycles. The molecule has 1 aromatic carbocycles. The van der Waals surface area contributed by atoms with Crippen molar-refractivity contribution in [2.75, 3.05) is 18.5 Å². The third-order valence-corrected chi connectivity index (χ3v) is 3.64. The van der Waals surface area contributed by atoms with Gasteiger partial charge in [-0.3, -0.25) is 9.59 Å². The van der Waals surface area contributed by atoms with Gasteiger partial charge in [-0.1, -0.05) is 12.1 Å². The largest absolute Gasteiger partial charge is 0.411 e. The fraction of sp³-hybridized carbons (Fsp3) is 0.500. The topological polar surface area (TPSA) is 67.4 Å². The summed E-state index contributed by atoms with van der Waals surface area (Å²) < 4.78 is 40.2. The van der Waals surface area contributed by atoms with Crippen LogP contribution in [0.4, 0.5) is 18.9 Å². The van der Waals surface area contributed by atoms with E-state index in [1.54, 1.807) is 19.1 Å². The van der Waals surface area contributed by atoms with E-state index in [0.29, 0.717) is 12.8 Å². The maximum atomic E-state index is 11.9. The molecule has 1 atom stereocenters. The van der Waals surface area contributed by atoms with Crippen molar-refractivity contribution in [3.63, 3.8) is 0 Å². The molecule has 24 heavy (non-hydrogen) atoms. The summed E-state index contributed by atoms with van der Waals surface area (Å²) in [5.74, 6) is -0.397. The van der Waals surface area contributed by atoms with Gasteiger partial charge in [0.25, 0.3) is 0 Å². The van der Waals surface area contributed by atoms with Crippen LogP contribution in [0.2, 0.25) is 0 Å². The normalized spacial score (nSPS) is 15.4. The van der Waals surface area contributed by atoms with Gasteiger partial charge in [0.05, 0.1) is 12.6 Å². The summed E-state index contributed by atoms with van der Waals surface area (Å²) in [4.78, 5) is 23.1. The molecule has 0 bridgehead atoms. The summed E-state index contributed by atoms with van der Waals surface area (Å²) in [6.45, 7) is 0.151. The Morgan fingerprint density at radius 1 is 1.38 bits per heavy atom. The zero-order chi connectivity index (χ0) is 17.7. The number of benzene rings is 1. The second-order valence-corrected chi connectivity index (χ2v) is 5.67. The zero-order valence-electron chi connectivity index (χ0n) is 13.2. The summed E-state index contributed by atoms with van der Waals surface area (Å²) >= 11 is 0. The van der Waals surface area contributed by atoms with Gasteiger partial charge in [-0.05, 0) is 30.5 Å². The minimum absolute atomic E-state index is 0.0181. The van der Waals surface area contributed by atoms with Crippen molar-refractivity contribution in [3.05, 3.63) is 29.3 Å². The Morgan fingerprint density at radius 2 is 2.12 bits per heavy atom. The van der Waals surface area contributed by atoms with E-state index in [0.717, 1.165) is 16.8 Å². The molecule has 2 N–H and O–H groups in total. The molecule has 0 radical (unpaired) electrons. The molecule has 2 amide bonds. The van der Waals surface area contributed by atoms with E-state index in [4.69, 9.17) is 0 Å². The van der Waals surface area contributed by atoms with Gasteiger partial charge in [0.15, 0.2) is 0 Å². The average Bonchev–Trinajstić information content (AvgIpc) is 2.50. The Balaban J connectivity index is 1.82. The first-order valence-electron chi connectivity index (χ1n) is 7.61. The number of carbonyl (C=O) groups excluding carboxylic acids is 2. The lowest BCUT2D eigenvalue weighted by atomic mass is 9.98. The lowest BCUT2D eigenvalue weighted by Crippen LogP contribution is -2.28. The number of ether oxygens (including phenoxy) is 1. The first-order valence-corrected chi connectivity index (χ1v) is 7.61. The van der Waals surface area contributed by atoms with E-state index in [2.05, 4.69) is 15.4 Å². The summed E-state index contributed by atoms with van der Waals surface area (Å²) in [5, 5.41) is 5.50. The number of rotatable bonds is 6. The van der Waals surface area contributed by atoms with Gasteiger partial charge in [0, 0.05) is 18.5 Å². The molecule has 0 aromatic heterocycles. The molecule has 0 spiro atoms. The number of hydrogen-bond donors (Lipinski definition) is 2. The number of aryl methyl sites for hydroxylation is 1. The molecule has 0 aliphatic carbocycles. The fourth-order valence-corrected chi connectivity index (χ4v) is 2.42. The minimum atomic E-state index is -4.39. The van der Waals surface area contributed by atoms with Crippen molar-refractivity contribution in [1.29, 1.82) is 0 Å². The number of nitrogens with one attached hydrogen (secondary N) is 2. The number of fused-ring (bicyclic) bond motifs is 1. The lowest BCUT2D eigenvalue weighted by Gasteiger charge is -2.20. The van der Waals surface area contributed by atoms with Crippen molar-refractivity contribution >= 4 is 17.5 Å². The Bertz CT molecular complexity index is 617. The Morgan fingerprint density at radius 3 is 2.83 bits per heavy atom. The highest BCUT2D eigenvalue weighted by atomic mass is 19.4. The number of amides is 2. The summed E-state index contributed by atoms with van der Waals surface area (Å²) in [7, 11) is 0. The number of hydrogen-bond acceptors (Lipinski definition) is 3. The summed E-state index contributed by atoms with van der Waals surface area (Å²) in [6, 6.07) is 5.22. The fourth-order valence-electron chi connectivity index (χ4n) is 2.42. The predicted octanol–water partition coefficient (Wildman–Crippen LogP) is 2.72. The van der Waals surface area contributed by atoms with E-state index < -0.39 is 12.8 Å². The summed E-state index contributed by atoms with van der Waals surface area (Å²) in [5.41, 5.74) is 2.64. The van der Waals surface area contributed by atoms with Crippen molar-refractivity contribution in [2.45, 2.75) is 38.4 Å². The predicted molar refractivity (Wildman–Crippen MR) is 81.4 cm³/mol. The number of carbonyl (C=O) groups is 2. The smallest absolute Gasteiger partial charge is 0.372 e. The quantitative estimate of drug-likeness (QED) is 0.780. The molecule has 0 fully saturated rings. The van der Waals surface area contributed by atoms with Crippen LogP contribution in [0.3, 0.4) is 0 Å². The highest BCUT2D eigenvalue weighted by molar-refractivity contribution is 5.93. The van der Waals surface area contributed by atoms with Crippen molar-refractivity contribution in [1.82, 2.24) is 5.32 Å². The maximum absolute atomic E-state index is 11.9. The van der Waals surface area contributed by atoms with Crippen LogP contribution in [0.1, 0.15) is 36.9 Å². The molecule has 1 heterocycles. The van der Waals surface area contributed by atoms with Crippen LogP contribution in [0, 0.1) is 0 Å². The van der Waals surface area contributed by atoms with Crippen LogP contribution < -0.4 is 10.6 Å². The lowest BCUT2D eigenvalue weighted by molar-refractivity contribution is -0.174. The average molecular weight is 344 g/mol. The monoisotopic (exact) mass is 344 g/mol. The second kappa shape index (κ2) is 7.65. The Hall–Kier alpha value is -2.09. The molecule has 1 unspecified atom stereocenters. The van der Waals surface area contributed by atoms with E-state index in [1.165, 1.54) is 0 Å². The third kappa shape index (κ3) is 5.52. The Kier molecular flexibility index (Phi) is 5.82. The zero-order valence-corrected chi connectivity index (χ0v) is 13.2. The van der Waals surface area contributed by atoms with Crippen LogP contribution in [-0.4, -0.2) is 31.2 Å². The summed E-state index contributed by atoms with van der Waals surface area (Å²) in [6.07, 6.45) is -3.46.